The van der Waals surface area contributed by atoms with Crippen molar-refractivity contribution in [3.8, 4) is 0 Å². The van der Waals surface area contributed by atoms with Crippen molar-refractivity contribution in [3.05, 3.63) is 11.1 Å². The highest BCUT2D eigenvalue weighted by Crippen LogP contribution is 2.18. The molecule has 0 saturated heterocycles. The van der Waals surface area contributed by atoms with E-state index in [0.717, 1.165) is 10.8 Å². The third kappa shape index (κ3) is 5.04. The standard InChI is InChI=1S/C11H19N3O2S/c1-11(2,3)13-10(15)16-6-8-7-17-9(12-8)14(4)5/h7H,6H2,1-5H3,(H,13,15). The van der Waals surface area contributed by atoms with Crippen LogP contribution in [-0.4, -0.2) is 30.7 Å². The number of thiazole rings is 1. The first-order chi connectivity index (χ1) is 7.78. The summed E-state index contributed by atoms with van der Waals surface area (Å²) in [5.41, 5.74) is 0.483. The van der Waals surface area contributed by atoms with E-state index in [0.29, 0.717) is 0 Å². The molecule has 17 heavy (non-hydrogen) atoms. The number of anilines is 1. The molecule has 5 nitrogen and oxygen atoms in total. The number of hydrogen-bond donors (Lipinski definition) is 1. The van der Waals surface area contributed by atoms with Gasteiger partial charge in [-0.15, -0.1) is 11.3 Å². The van der Waals surface area contributed by atoms with Crippen LogP contribution in [0.4, 0.5) is 9.93 Å². The number of hydrogen-bond acceptors (Lipinski definition) is 5. The van der Waals surface area contributed by atoms with Crippen LogP contribution in [0.1, 0.15) is 26.5 Å². The fraction of sp³-hybridized carbons (Fsp3) is 0.636. The summed E-state index contributed by atoms with van der Waals surface area (Å²) in [6, 6.07) is 0. The lowest BCUT2D eigenvalue weighted by Gasteiger charge is -2.19. The Morgan fingerprint density at radius 1 is 1.53 bits per heavy atom. The van der Waals surface area contributed by atoms with Crippen molar-refractivity contribution in [3.63, 3.8) is 0 Å². The molecule has 0 aromatic carbocycles. The lowest BCUT2D eigenvalue weighted by molar-refractivity contribution is 0.130. The Hall–Kier alpha value is -1.30. The second kappa shape index (κ2) is 5.35. The number of amides is 1. The van der Waals surface area contributed by atoms with E-state index in [1.807, 2.05) is 45.1 Å². The summed E-state index contributed by atoms with van der Waals surface area (Å²) in [5.74, 6) is 0. The number of rotatable bonds is 3. The molecule has 6 heteroatoms. The predicted octanol–water partition coefficient (Wildman–Crippen LogP) is 2.23. The molecule has 0 unspecified atom stereocenters. The summed E-state index contributed by atoms with van der Waals surface area (Å²) in [6.07, 6.45) is -0.420. The highest BCUT2D eigenvalue weighted by atomic mass is 32.1. The van der Waals surface area contributed by atoms with E-state index in [1.54, 1.807) is 0 Å². The Kier molecular flexibility index (Phi) is 4.34. The minimum absolute atomic E-state index is 0.201. The molecule has 0 atom stereocenters. The average Bonchev–Trinajstić information content (AvgIpc) is 2.60. The summed E-state index contributed by atoms with van der Waals surface area (Å²) >= 11 is 1.53. The molecule has 0 radical (unpaired) electrons. The van der Waals surface area contributed by atoms with E-state index in [-0.39, 0.29) is 12.1 Å². The molecule has 1 amide bonds. The van der Waals surface area contributed by atoms with Gasteiger partial charge in [-0.2, -0.15) is 0 Å². The van der Waals surface area contributed by atoms with E-state index in [9.17, 15) is 4.79 Å². The highest BCUT2D eigenvalue weighted by molar-refractivity contribution is 7.13. The lowest BCUT2D eigenvalue weighted by Crippen LogP contribution is -2.40. The third-order valence-electron chi connectivity index (χ3n) is 1.75. The maximum absolute atomic E-state index is 11.4. The van der Waals surface area contributed by atoms with Crippen LogP contribution in [-0.2, 0) is 11.3 Å². The van der Waals surface area contributed by atoms with E-state index in [2.05, 4.69) is 10.3 Å². The van der Waals surface area contributed by atoms with Gasteiger partial charge in [0.2, 0.25) is 0 Å². The number of nitrogens with one attached hydrogen (secondary N) is 1. The van der Waals surface area contributed by atoms with E-state index < -0.39 is 6.09 Å². The van der Waals surface area contributed by atoms with Gasteiger partial charge in [0.1, 0.15) is 6.61 Å². The van der Waals surface area contributed by atoms with Gasteiger partial charge in [-0.1, -0.05) is 0 Å². The smallest absolute Gasteiger partial charge is 0.407 e. The molecule has 1 heterocycles. The van der Waals surface area contributed by atoms with Crippen LogP contribution in [0.3, 0.4) is 0 Å². The second-order valence-electron chi connectivity index (χ2n) is 4.97. The van der Waals surface area contributed by atoms with Crippen LogP contribution in [0.5, 0.6) is 0 Å². The van der Waals surface area contributed by atoms with E-state index in [1.165, 1.54) is 11.3 Å². The minimum Gasteiger partial charge on any atom is -0.443 e. The zero-order chi connectivity index (χ0) is 13.1. The van der Waals surface area contributed by atoms with Gasteiger partial charge in [0, 0.05) is 25.0 Å². The second-order valence-corrected chi connectivity index (χ2v) is 5.80. The number of carbonyl (C=O) groups is 1. The number of nitrogens with zero attached hydrogens (tertiary/aromatic N) is 2. The summed E-state index contributed by atoms with van der Waals surface area (Å²) in [5, 5.41) is 5.51. The van der Waals surface area contributed by atoms with Crippen LogP contribution < -0.4 is 10.2 Å². The summed E-state index contributed by atoms with van der Waals surface area (Å²) in [4.78, 5) is 17.6. The topological polar surface area (TPSA) is 54.5 Å². The molecular formula is C11H19N3O2S. The Bertz CT molecular complexity index is 382. The summed E-state index contributed by atoms with van der Waals surface area (Å²) in [7, 11) is 3.85. The fourth-order valence-corrected chi connectivity index (χ4v) is 1.79. The Morgan fingerprint density at radius 2 is 2.18 bits per heavy atom. The van der Waals surface area contributed by atoms with Crippen molar-refractivity contribution in [2.45, 2.75) is 32.9 Å². The quantitative estimate of drug-likeness (QED) is 0.902. The lowest BCUT2D eigenvalue weighted by atomic mass is 10.1. The maximum atomic E-state index is 11.4. The monoisotopic (exact) mass is 257 g/mol. The zero-order valence-electron chi connectivity index (χ0n) is 10.9. The van der Waals surface area contributed by atoms with E-state index in [4.69, 9.17) is 4.74 Å². The van der Waals surface area contributed by atoms with Gasteiger partial charge in [-0.25, -0.2) is 9.78 Å². The molecular weight excluding hydrogens is 238 g/mol. The Labute approximate surface area is 106 Å². The molecule has 0 aliphatic rings. The fourth-order valence-electron chi connectivity index (χ4n) is 1.05. The first kappa shape index (κ1) is 13.8. The zero-order valence-corrected chi connectivity index (χ0v) is 11.7. The van der Waals surface area contributed by atoms with Gasteiger partial charge in [0.05, 0.1) is 5.69 Å². The maximum Gasteiger partial charge on any atom is 0.407 e. The SMILES string of the molecule is CN(C)c1nc(COC(=O)NC(C)(C)C)cs1. The largest absolute Gasteiger partial charge is 0.443 e. The number of carbonyl (C=O) groups excluding carboxylic acids is 1. The van der Waals surface area contributed by atoms with Gasteiger partial charge in [0.25, 0.3) is 0 Å². The van der Waals surface area contributed by atoms with Crippen LogP contribution >= 0.6 is 11.3 Å². The number of alkyl carbamates (subject to hydrolysis) is 1. The normalized spacial score (nSPS) is 11.1. The van der Waals surface area contributed by atoms with Crippen molar-refractivity contribution >= 4 is 22.6 Å². The molecule has 0 aliphatic heterocycles. The molecule has 1 rings (SSSR count). The first-order valence-electron chi connectivity index (χ1n) is 5.34. The molecule has 0 spiro atoms. The van der Waals surface area contributed by atoms with Crippen molar-refractivity contribution < 1.29 is 9.53 Å². The van der Waals surface area contributed by atoms with Gasteiger partial charge in [0.15, 0.2) is 5.13 Å². The number of ether oxygens (including phenoxy) is 1. The molecule has 1 aromatic rings. The van der Waals surface area contributed by atoms with Gasteiger partial charge in [-0.3, -0.25) is 0 Å². The first-order valence-corrected chi connectivity index (χ1v) is 6.22. The predicted molar refractivity (Wildman–Crippen MR) is 69.5 cm³/mol. The van der Waals surface area contributed by atoms with Crippen molar-refractivity contribution in [1.29, 1.82) is 0 Å². The number of aromatic nitrogens is 1. The van der Waals surface area contributed by atoms with Crippen LogP contribution in [0.15, 0.2) is 5.38 Å². The van der Waals surface area contributed by atoms with Crippen LogP contribution in [0, 0.1) is 0 Å². The van der Waals surface area contributed by atoms with E-state index >= 15 is 0 Å². The summed E-state index contributed by atoms with van der Waals surface area (Å²) in [6.45, 7) is 5.91. The average molecular weight is 257 g/mol. The molecule has 0 fully saturated rings. The Balaban J connectivity index is 2.42. The molecule has 1 N–H and O–H groups in total. The van der Waals surface area contributed by atoms with Crippen molar-refractivity contribution in [2.75, 3.05) is 19.0 Å². The van der Waals surface area contributed by atoms with Gasteiger partial charge < -0.3 is 15.0 Å². The molecule has 96 valence electrons. The summed E-state index contributed by atoms with van der Waals surface area (Å²) < 4.78 is 5.07. The molecule has 0 bridgehead atoms. The molecule has 1 aromatic heterocycles. The molecule has 0 aliphatic carbocycles. The highest BCUT2D eigenvalue weighted by Gasteiger charge is 2.15. The van der Waals surface area contributed by atoms with Crippen LogP contribution in [0.2, 0.25) is 0 Å². The van der Waals surface area contributed by atoms with Crippen molar-refractivity contribution in [2.24, 2.45) is 0 Å². The van der Waals surface area contributed by atoms with Gasteiger partial charge in [-0.05, 0) is 20.8 Å². The van der Waals surface area contributed by atoms with Crippen molar-refractivity contribution in [1.82, 2.24) is 10.3 Å². The van der Waals surface area contributed by atoms with Gasteiger partial charge >= 0.3 is 6.09 Å². The third-order valence-corrected chi connectivity index (χ3v) is 2.81. The van der Waals surface area contributed by atoms with Crippen LogP contribution in [0.25, 0.3) is 0 Å². The Morgan fingerprint density at radius 3 is 2.65 bits per heavy atom. The molecule has 0 saturated carbocycles. The minimum atomic E-state index is -0.420.